The molecule has 6 heteroatoms. The molecule has 0 aliphatic heterocycles. The van der Waals surface area contributed by atoms with Gasteiger partial charge in [-0.3, -0.25) is 0 Å². The van der Waals surface area contributed by atoms with Crippen LogP contribution in [0.2, 0.25) is 0 Å². The summed E-state index contributed by atoms with van der Waals surface area (Å²) in [5, 5.41) is 0. The minimum atomic E-state index is -0.405. The maximum absolute atomic E-state index is 10.7. The zero-order valence-electron chi connectivity index (χ0n) is 6.74. The van der Waals surface area contributed by atoms with Crippen LogP contribution in [0, 0.1) is 0 Å². The molecule has 0 bridgehead atoms. The molecule has 0 aromatic carbocycles. The fourth-order valence-corrected chi connectivity index (χ4v) is 1.16. The summed E-state index contributed by atoms with van der Waals surface area (Å²) in [5.74, 6) is 0.808. The summed E-state index contributed by atoms with van der Waals surface area (Å²) in [7, 11) is 0. The maximum Gasteiger partial charge on any atom is 0.430 e. The first-order valence-electron chi connectivity index (χ1n) is 3.01. The average molecular weight is 247 g/mol. The van der Waals surface area contributed by atoms with Gasteiger partial charge < -0.3 is 4.74 Å². The predicted octanol–water partition coefficient (Wildman–Crippen LogP) is 1.96. The van der Waals surface area contributed by atoms with Crippen LogP contribution in [0.3, 0.4) is 0 Å². The van der Waals surface area contributed by atoms with Gasteiger partial charge in [0.15, 0.2) is 0 Å². The van der Waals surface area contributed by atoms with Crippen molar-refractivity contribution in [2.75, 3.05) is 12.4 Å². The van der Waals surface area contributed by atoms with E-state index in [4.69, 9.17) is 0 Å². The number of amides is 1. The van der Waals surface area contributed by atoms with Crippen molar-refractivity contribution in [3.8, 4) is 0 Å². The van der Waals surface area contributed by atoms with E-state index in [0.29, 0.717) is 6.61 Å². The molecule has 0 saturated carbocycles. The van der Waals surface area contributed by atoms with Crippen molar-refractivity contribution < 1.29 is 29.0 Å². The zero-order chi connectivity index (χ0) is 7.98. The third kappa shape index (κ3) is 6.97. The van der Waals surface area contributed by atoms with Gasteiger partial charge in [-0.25, -0.2) is 4.79 Å². The quantitative estimate of drug-likeness (QED) is 0.469. The minimum Gasteiger partial charge on any atom is -0.448 e. The Bertz CT molecular complexity index is 115. The van der Waals surface area contributed by atoms with E-state index in [2.05, 4.69) is 17.6 Å². The van der Waals surface area contributed by atoms with Crippen LogP contribution in [-0.4, -0.2) is 22.2 Å². The van der Waals surface area contributed by atoms with Crippen molar-refractivity contribution in [3.05, 3.63) is 0 Å². The normalized spacial score (nSPS) is 8.27. The van der Waals surface area contributed by atoms with Crippen LogP contribution in [-0.2, 0) is 24.2 Å². The number of carbonyl (C=O) groups excluding carboxylic acids is 1. The molecule has 0 rings (SSSR count). The molecular weight excluding hydrogens is 236 g/mol. The predicted molar refractivity (Wildman–Crippen MR) is 46.0 cm³/mol. The summed E-state index contributed by atoms with van der Waals surface area (Å²) in [6.07, 6.45) is -0.405. The largest absolute Gasteiger partial charge is 0.448 e. The van der Waals surface area contributed by atoms with E-state index in [1.165, 1.54) is 15.7 Å². The van der Waals surface area contributed by atoms with Crippen molar-refractivity contribution in [1.82, 2.24) is 3.71 Å². The van der Waals surface area contributed by atoms with E-state index in [9.17, 15) is 4.79 Å². The van der Waals surface area contributed by atoms with Crippen LogP contribution in [0.4, 0.5) is 4.79 Å². The van der Waals surface area contributed by atoms with Crippen molar-refractivity contribution in [2.24, 2.45) is 0 Å². The van der Waals surface area contributed by atoms with Crippen LogP contribution in [0.25, 0.3) is 0 Å². The van der Waals surface area contributed by atoms with Gasteiger partial charge in [0, 0.05) is 25.2 Å². The second kappa shape index (κ2) is 8.69. The van der Waals surface area contributed by atoms with Crippen molar-refractivity contribution in [1.29, 1.82) is 0 Å². The Balaban J connectivity index is 0. The first-order chi connectivity index (χ1) is 4.72. The SMILES string of the molecule is CCOC(=O)N(S)SCC.[Zn]. The molecule has 0 aliphatic rings. The Hall–Kier alpha value is 0.593. The Kier molecular flexibility index (Phi) is 11.2. The zero-order valence-corrected chi connectivity index (χ0v) is 11.4. The second-order valence-electron chi connectivity index (χ2n) is 1.39. The van der Waals surface area contributed by atoms with E-state index in [-0.39, 0.29) is 19.5 Å². The van der Waals surface area contributed by atoms with Gasteiger partial charge in [0.25, 0.3) is 0 Å². The Morgan fingerprint density at radius 2 is 2.18 bits per heavy atom. The summed E-state index contributed by atoms with van der Waals surface area (Å²) in [6, 6.07) is 0. The minimum absolute atomic E-state index is 0. The van der Waals surface area contributed by atoms with Crippen molar-refractivity contribution >= 4 is 30.9 Å². The topological polar surface area (TPSA) is 29.5 Å². The number of hydrogen-bond donors (Lipinski definition) is 1. The molecule has 0 heterocycles. The molecule has 0 saturated heterocycles. The summed E-state index contributed by atoms with van der Waals surface area (Å²) in [6.45, 7) is 4.09. The van der Waals surface area contributed by atoms with Crippen LogP contribution < -0.4 is 0 Å². The molecule has 0 atom stereocenters. The van der Waals surface area contributed by atoms with E-state index < -0.39 is 6.09 Å². The number of carbonyl (C=O) groups is 1. The smallest absolute Gasteiger partial charge is 0.430 e. The maximum atomic E-state index is 10.7. The van der Waals surface area contributed by atoms with Crippen LogP contribution in [0.5, 0.6) is 0 Å². The molecular formula is C5H11NO2S2Zn. The van der Waals surface area contributed by atoms with E-state index >= 15 is 0 Å². The summed E-state index contributed by atoms with van der Waals surface area (Å²) in [4.78, 5) is 10.7. The van der Waals surface area contributed by atoms with Gasteiger partial charge in [0.2, 0.25) is 0 Å². The summed E-state index contributed by atoms with van der Waals surface area (Å²) < 4.78 is 5.83. The molecule has 0 aliphatic carbocycles. The Morgan fingerprint density at radius 3 is 2.55 bits per heavy atom. The van der Waals surface area contributed by atoms with Crippen molar-refractivity contribution in [3.63, 3.8) is 0 Å². The molecule has 62 valence electrons. The van der Waals surface area contributed by atoms with Gasteiger partial charge in [-0.15, -0.1) is 0 Å². The molecule has 11 heavy (non-hydrogen) atoms. The van der Waals surface area contributed by atoms with Gasteiger partial charge in [-0.1, -0.05) is 6.92 Å². The molecule has 0 N–H and O–H groups in total. The molecule has 1 amide bonds. The van der Waals surface area contributed by atoms with E-state index in [0.717, 1.165) is 5.75 Å². The molecule has 0 radical (unpaired) electrons. The number of rotatable bonds is 3. The summed E-state index contributed by atoms with van der Waals surface area (Å²) in [5.41, 5.74) is 0. The number of nitrogens with zero attached hydrogens (tertiary/aromatic N) is 1. The molecule has 0 fully saturated rings. The molecule has 0 aromatic rings. The van der Waals surface area contributed by atoms with Gasteiger partial charge in [-0.05, 0) is 31.7 Å². The fourth-order valence-electron chi connectivity index (χ4n) is 0.354. The molecule has 3 nitrogen and oxygen atoms in total. The number of ether oxygens (including phenoxy) is 1. The van der Waals surface area contributed by atoms with Gasteiger partial charge in [0.1, 0.15) is 0 Å². The van der Waals surface area contributed by atoms with Crippen LogP contribution >= 0.6 is 24.8 Å². The van der Waals surface area contributed by atoms with Gasteiger partial charge in [-0.2, -0.15) is 3.71 Å². The van der Waals surface area contributed by atoms with E-state index in [1.54, 1.807) is 6.92 Å². The second-order valence-corrected chi connectivity index (χ2v) is 3.26. The third-order valence-electron chi connectivity index (χ3n) is 0.675. The number of hydrogen-bond acceptors (Lipinski definition) is 4. The number of thiol groups is 1. The molecule has 0 unspecified atom stereocenters. The van der Waals surface area contributed by atoms with Crippen molar-refractivity contribution in [2.45, 2.75) is 13.8 Å². The first-order valence-corrected chi connectivity index (χ1v) is 4.35. The third-order valence-corrected chi connectivity index (χ3v) is 1.84. The van der Waals surface area contributed by atoms with Gasteiger partial charge >= 0.3 is 6.09 Å². The van der Waals surface area contributed by atoms with Gasteiger partial charge in [0.05, 0.1) is 6.61 Å². The van der Waals surface area contributed by atoms with E-state index in [1.807, 2.05) is 6.92 Å². The summed E-state index contributed by atoms with van der Waals surface area (Å²) >= 11 is 5.16. The molecule has 0 spiro atoms. The monoisotopic (exact) mass is 245 g/mol. The standard InChI is InChI=1S/C5H11NO2S2.Zn/c1-3-8-5(7)6(9)10-4-2;/h9H,3-4H2,1-2H3;. The van der Waals surface area contributed by atoms with Crippen LogP contribution in [0.1, 0.15) is 13.8 Å². The van der Waals surface area contributed by atoms with Crippen LogP contribution in [0.15, 0.2) is 0 Å². The Labute approximate surface area is 89.7 Å². The first kappa shape index (κ1) is 14.1. The fraction of sp³-hybridized carbons (Fsp3) is 0.800. The Morgan fingerprint density at radius 1 is 1.64 bits per heavy atom. The molecule has 0 aromatic heterocycles. The average Bonchev–Trinajstić information content (AvgIpc) is 1.89.